The Kier molecular flexibility index (Phi) is 4.20. The van der Waals surface area contributed by atoms with Gasteiger partial charge in [0.05, 0.1) is 10.7 Å². The van der Waals surface area contributed by atoms with E-state index in [2.05, 4.69) is 46.9 Å². The molecule has 0 fully saturated rings. The maximum absolute atomic E-state index is 6.30. The number of hydrogen-bond acceptors (Lipinski definition) is 3. The second-order valence-electron chi connectivity index (χ2n) is 4.56. The highest BCUT2D eigenvalue weighted by Crippen LogP contribution is 2.26. The van der Waals surface area contributed by atoms with E-state index >= 15 is 0 Å². The average molecular weight is 325 g/mol. The molecule has 18 heavy (non-hydrogen) atoms. The first-order valence-electron chi connectivity index (χ1n) is 5.92. The summed E-state index contributed by atoms with van der Waals surface area (Å²) in [5.74, 6) is 0. The van der Waals surface area contributed by atoms with Crippen LogP contribution in [0.4, 0.5) is 0 Å². The maximum Gasteiger partial charge on any atom is 0.0949 e. The van der Waals surface area contributed by atoms with Crippen LogP contribution in [-0.2, 0) is 6.42 Å². The van der Waals surface area contributed by atoms with Crippen molar-refractivity contribution >= 4 is 27.3 Å². The topological polar surface area (TPSA) is 38.9 Å². The number of thiazole rings is 1. The van der Waals surface area contributed by atoms with Crippen LogP contribution < -0.4 is 5.73 Å². The molecule has 2 rings (SSSR count). The lowest BCUT2D eigenvalue weighted by Gasteiger charge is -2.13. The Morgan fingerprint density at radius 2 is 2.06 bits per heavy atom. The van der Waals surface area contributed by atoms with Crippen LogP contribution in [0, 0.1) is 20.8 Å². The number of nitrogens with zero attached hydrogens (tertiary/aromatic N) is 1. The predicted molar refractivity (Wildman–Crippen MR) is 81.1 cm³/mol. The van der Waals surface area contributed by atoms with Crippen molar-refractivity contribution in [3.63, 3.8) is 0 Å². The van der Waals surface area contributed by atoms with Gasteiger partial charge in [-0.15, -0.1) is 11.3 Å². The molecule has 1 heterocycles. The van der Waals surface area contributed by atoms with Gasteiger partial charge in [-0.25, -0.2) is 4.98 Å². The number of aromatic nitrogens is 1. The third-order valence-electron chi connectivity index (χ3n) is 3.11. The summed E-state index contributed by atoms with van der Waals surface area (Å²) in [6.45, 7) is 6.25. The highest BCUT2D eigenvalue weighted by atomic mass is 79.9. The molecule has 4 heteroatoms. The normalized spacial score (nSPS) is 12.7. The van der Waals surface area contributed by atoms with Crippen molar-refractivity contribution in [2.45, 2.75) is 33.2 Å². The number of halogens is 1. The highest BCUT2D eigenvalue weighted by molar-refractivity contribution is 9.10. The van der Waals surface area contributed by atoms with Crippen LogP contribution in [0.5, 0.6) is 0 Å². The van der Waals surface area contributed by atoms with Crippen molar-refractivity contribution in [3.05, 3.63) is 49.4 Å². The summed E-state index contributed by atoms with van der Waals surface area (Å²) in [5.41, 5.74) is 9.84. The summed E-state index contributed by atoms with van der Waals surface area (Å²) in [4.78, 5) is 5.84. The molecule has 96 valence electrons. The third-order valence-corrected chi connectivity index (χ3v) is 4.70. The van der Waals surface area contributed by atoms with E-state index in [4.69, 9.17) is 5.73 Å². The second kappa shape index (κ2) is 5.51. The van der Waals surface area contributed by atoms with Gasteiger partial charge in [-0.2, -0.15) is 0 Å². The van der Waals surface area contributed by atoms with Gasteiger partial charge in [0.1, 0.15) is 0 Å². The van der Waals surface area contributed by atoms with Crippen molar-refractivity contribution in [1.82, 2.24) is 4.98 Å². The van der Waals surface area contributed by atoms with Crippen molar-refractivity contribution < 1.29 is 0 Å². The summed E-state index contributed by atoms with van der Waals surface area (Å²) in [7, 11) is 0. The van der Waals surface area contributed by atoms with E-state index in [0.29, 0.717) is 0 Å². The molecule has 1 unspecified atom stereocenters. The van der Waals surface area contributed by atoms with Crippen molar-refractivity contribution in [3.8, 4) is 0 Å². The molecule has 0 radical (unpaired) electrons. The van der Waals surface area contributed by atoms with Gasteiger partial charge in [-0.1, -0.05) is 22.0 Å². The Bertz CT molecular complexity index is 543. The number of nitrogens with two attached hydrogens (primary N) is 1. The van der Waals surface area contributed by atoms with E-state index in [1.54, 1.807) is 11.3 Å². The molecular weight excluding hydrogens is 308 g/mol. The Balaban J connectivity index is 2.21. The molecule has 0 aliphatic carbocycles. The van der Waals surface area contributed by atoms with Gasteiger partial charge < -0.3 is 5.73 Å². The van der Waals surface area contributed by atoms with Crippen LogP contribution in [0.2, 0.25) is 0 Å². The Hall–Kier alpha value is -0.710. The summed E-state index contributed by atoms with van der Waals surface area (Å²) < 4.78 is 1.07. The molecule has 0 amide bonds. The fourth-order valence-electron chi connectivity index (χ4n) is 1.94. The molecule has 0 spiro atoms. The molecule has 1 aromatic heterocycles. The Morgan fingerprint density at radius 3 is 2.67 bits per heavy atom. The zero-order chi connectivity index (χ0) is 13.3. The maximum atomic E-state index is 6.30. The molecular formula is C14H17BrN2S. The number of hydrogen-bond donors (Lipinski definition) is 1. The largest absolute Gasteiger partial charge is 0.324 e. The van der Waals surface area contributed by atoms with E-state index in [9.17, 15) is 0 Å². The van der Waals surface area contributed by atoms with E-state index in [1.807, 2.05) is 13.0 Å². The van der Waals surface area contributed by atoms with E-state index in [-0.39, 0.29) is 6.04 Å². The minimum atomic E-state index is 0.00690. The molecule has 2 nitrogen and oxygen atoms in total. The van der Waals surface area contributed by atoms with Gasteiger partial charge in [0.25, 0.3) is 0 Å². The zero-order valence-electron chi connectivity index (χ0n) is 10.8. The second-order valence-corrected chi connectivity index (χ2v) is 6.76. The smallest absolute Gasteiger partial charge is 0.0949 e. The molecule has 0 bridgehead atoms. The molecule has 0 aliphatic rings. The Labute approximate surface area is 120 Å². The number of benzene rings is 1. The lowest BCUT2D eigenvalue weighted by Crippen LogP contribution is -2.14. The van der Waals surface area contributed by atoms with Crippen LogP contribution in [0.25, 0.3) is 0 Å². The van der Waals surface area contributed by atoms with E-state index in [0.717, 1.165) is 21.6 Å². The fourth-order valence-corrected chi connectivity index (χ4v) is 3.31. The number of rotatable bonds is 3. The molecule has 1 atom stereocenters. The summed E-state index contributed by atoms with van der Waals surface area (Å²) in [6, 6.07) is 6.25. The lowest BCUT2D eigenvalue weighted by atomic mass is 10.00. The first-order valence-corrected chi connectivity index (χ1v) is 7.53. The van der Waals surface area contributed by atoms with Crippen LogP contribution in [0.1, 0.15) is 32.7 Å². The van der Waals surface area contributed by atoms with Gasteiger partial charge in [0, 0.05) is 21.8 Å². The molecule has 2 aromatic rings. The molecule has 0 saturated carbocycles. The van der Waals surface area contributed by atoms with E-state index in [1.165, 1.54) is 16.0 Å². The zero-order valence-corrected chi connectivity index (χ0v) is 13.2. The van der Waals surface area contributed by atoms with Gasteiger partial charge in [0.2, 0.25) is 0 Å². The SMILES string of the molecule is Cc1ccc(Br)cc1C(N)Cc1nc(C)c(C)s1. The minimum Gasteiger partial charge on any atom is -0.324 e. The van der Waals surface area contributed by atoms with Crippen LogP contribution in [0.15, 0.2) is 22.7 Å². The van der Waals surface area contributed by atoms with Crippen molar-refractivity contribution in [2.24, 2.45) is 5.73 Å². The standard InChI is InChI=1S/C14H17BrN2S/c1-8-4-5-11(15)6-12(8)13(16)7-14-17-9(2)10(3)18-14/h4-6,13H,7,16H2,1-3H3. The van der Waals surface area contributed by atoms with Crippen molar-refractivity contribution in [2.75, 3.05) is 0 Å². The summed E-state index contributed by atoms with van der Waals surface area (Å²) >= 11 is 5.24. The lowest BCUT2D eigenvalue weighted by molar-refractivity contribution is 0.711. The number of aryl methyl sites for hydroxylation is 3. The van der Waals surface area contributed by atoms with E-state index < -0.39 is 0 Å². The monoisotopic (exact) mass is 324 g/mol. The van der Waals surface area contributed by atoms with Gasteiger partial charge in [-0.3, -0.25) is 0 Å². The van der Waals surface area contributed by atoms with Crippen LogP contribution >= 0.6 is 27.3 Å². The minimum absolute atomic E-state index is 0.00690. The van der Waals surface area contributed by atoms with Gasteiger partial charge in [0.15, 0.2) is 0 Å². The predicted octanol–water partition coefficient (Wildman–Crippen LogP) is 4.07. The summed E-state index contributed by atoms with van der Waals surface area (Å²) in [6.07, 6.45) is 0.802. The fraction of sp³-hybridized carbons (Fsp3) is 0.357. The van der Waals surface area contributed by atoms with Gasteiger partial charge >= 0.3 is 0 Å². The van der Waals surface area contributed by atoms with Gasteiger partial charge in [-0.05, 0) is 44.0 Å². The van der Waals surface area contributed by atoms with Crippen LogP contribution in [0.3, 0.4) is 0 Å². The molecule has 0 saturated heterocycles. The average Bonchev–Trinajstić information content (AvgIpc) is 2.61. The first-order chi connectivity index (χ1) is 8.47. The Morgan fingerprint density at radius 1 is 1.33 bits per heavy atom. The summed E-state index contributed by atoms with van der Waals surface area (Å²) in [5, 5.41) is 1.12. The van der Waals surface area contributed by atoms with Crippen LogP contribution in [-0.4, -0.2) is 4.98 Å². The first kappa shape index (κ1) is 13.7. The molecule has 1 aromatic carbocycles. The molecule has 2 N–H and O–H groups in total. The van der Waals surface area contributed by atoms with Crippen molar-refractivity contribution in [1.29, 1.82) is 0 Å². The molecule has 0 aliphatic heterocycles. The third kappa shape index (κ3) is 2.99. The quantitative estimate of drug-likeness (QED) is 0.924. The highest BCUT2D eigenvalue weighted by Gasteiger charge is 2.13.